The van der Waals surface area contributed by atoms with Gasteiger partial charge in [-0.05, 0) is 0 Å². The quantitative estimate of drug-likeness (QED) is 0.729. The summed E-state index contributed by atoms with van der Waals surface area (Å²) in [6, 6.07) is 9.59. The van der Waals surface area contributed by atoms with Crippen molar-refractivity contribution in [3.8, 4) is 11.3 Å². The van der Waals surface area contributed by atoms with Gasteiger partial charge in [-0.2, -0.15) is 0 Å². The van der Waals surface area contributed by atoms with Crippen LogP contribution in [-0.2, 0) is 4.74 Å². The van der Waals surface area contributed by atoms with Crippen molar-refractivity contribution in [3.05, 3.63) is 40.7 Å². The third-order valence-corrected chi connectivity index (χ3v) is 2.79. The molecule has 0 unspecified atom stereocenters. The highest BCUT2D eigenvalue weighted by Crippen LogP contribution is 2.25. The summed E-state index contributed by atoms with van der Waals surface area (Å²) in [6.07, 6.45) is 0. The first kappa shape index (κ1) is 9.86. The molecule has 0 atom stereocenters. The molecule has 0 fully saturated rings. The molecule has 3 nitrogen and oxygen atoms in total. The molecule has 1 aromatic heterocycles. The standard InChI is InChI=1S/C11H9NO2S/c1-14-11(13)10-9(12-7-15-10)8-5-3-2-4-6-8/h2-7H,1H3. The summed E-state index contributed by atoms with van der Waals surface area (Å²) in [6.45, 7) is 0. The molecule has 1 aromatic carbocycles. The van der Waals surface area contributed by atoms with E-state index in [9.17, 15) is 4.79 Å². The predicted molar refractivity (Wildman–Crippen MR) is 58.9 cm³/mol. The number of esters is 1. The van der Waals surface area contributed by atoms with Gasteiger partial charge in [0, 0.05) is 5.56 Å². The molecule has 15 heavy (non-hydrogen) atoms. The Kier molecular flexibility index (Phi) is 2.78. The number of aromatic nitrogens is 1. The van der Waals surface area contributed by atoms with E-state index in [2.05, 4.69) is 9.72 Å². The summed E-state index contributed by atoms with van der Waals surface area (Å²) in [7, 11) is 1.37. The Morgan fingerprint density at radius 1 is 1.33 bits per heavy atom. The highest BCUT2D eigenvalue weighted by atomic mass is 32.1. The number of methoxy groups -OCH3 is 1. The molecule has 0 aliphatic carbocycles. The molecular weight excluding hydrogens is 210 g/mol. The summed E-state index contributed by atoms with van der Waals surface area (Å²) in [4.78, 5) is 16.1. The number of hydrogen-bond donors (Lipinski definition) is 0. The fraction of sp³-hybridized carbons (Fsp3) is 0.0909. The molecule has 0 bridgehead atoms. The van der Waals surface area contributed by atoms with Crippen LogP contribution in [0.3, 0.4) is 0 Å². The number of carbonyl (C=O) groups excluding carboxylic acids is 1. The Morgan fingerprint density at radius 2 is 2.07 bits per heavy atom. The van der Waals surface area contributed by atoms with Crippen LogP contribution in [-0.4, -0.2) is 18.1 Å². The zero-order valence-corrected chi connectivity index (χ0v) is 8.95. The molecule has 2 rings (SSSR count). The molecule has 4 heteroatoms. The summed E-state index contributed by atoms with van der Waals surface area (Å²) in [5.74, 6) is -0.337. The topological polar surface area (TPSA) is 39.2 Å². The SMILES string of the molecule is COC(=O)c1scnc1-c1ccccc1. The van der Waals surface area contributed by atoms with E-state index in [4.69, 9.17) is 0 Å². The van der Waals surface area contributed by atoms with Gasteiger partial charge in [-0.1, -0.05) is 30.3 Å². The van der Waals surface area contributed by atoms with Crippen LogP contribution in [0.2, 0.25) is 0 Å². The van der Waals surface area contributed by atoms with Gasteiger partial charge in [-0.15, -0.1) is 11.3 Å². The van der Waals surface area contributed by atoms with Crippen LogP contribution in [0.15, 0.2) is 35.8 Å². The normalized spacial score (nSPS) is 9.93. The lowest BCUT2D eigenvalue weighted by Crippen LogP contribution is -2.00. The highest BCUT2D eigenvalue weighted by molar-refractivity contribution is 7.12. The Hall–Kier alpha value is -1.68. The van der Waals surface area contributed by atoms with E-state index in [-0.39, 0.29) is 5.97 Å². The van der Waals surface area contributed by atoms with Gasteiger partial charge in [0.2, 0.25) is 0 Å². The minimum atomic E-state index is -0.337. The van der Waals surface area contributed by atoms with Crippen LogP contribution in [0.1, 0.15) is 9.67 Å². The van der Waals surface area contributed by atoms with E-state index in [1.165, 1.54) is 18.4 Å². The van der Waals surface area contributed by atoms with Crippen molar-refractivity contribution in [1.29, 1.82) is 0 Å². The smallest absolute Gasteiger partial charge is 0.350 e. The van der Waals surface area contributed by atoms with Crippen LogP contribution in [0.4, 0.5) is 0 Å². The van der Waals surface area contributed by atoms with Gasteiger partial charge >= 0.3 is 5.97 Å². The molecule has 2 aromatic rings. The van der Waals surface area contributed by atoms with Crippen molar-refractivity contribution in [2.24, 2.45) is 0 Å². The van der Waals surface area contributed by atoms with E-state index in [0.29, 0.717) is 10.6 Å². The maximum atomic E-state index is 11.4. The maximum Gasteiger partial charge on any atom is 0.350 e. The van der Waals surface area contributed by atoms with Gasteiger partial charge in [0.05, 0.1) is 18.3 Å². The van der Waals surface area contributed by atoms with Gasteiger partial charge in [-0.3, -0.25) is 0 Å². The van der Waals surface area contributed by atoms with Crippen molar-refractivity contribution in [2.75, 3.05) is 7.11 Å². The van der Waals surface area contributed by atoms with Crippen molar-refractivity contribution < 1.29 is 9.53 Å². The van der Waals surface area contributed by atoms with Crippen molar-refractivity contribution >= 4 is 17.3 Å². The lowest BCUT2D eigenvalue weighted by molar-refractivity contribution is 0.0607. The van der Waals surface area contributed by atoms with Crippen LogP contribution < -0.4 is 0 Å². The van der Waals surface area contributed by atoms with Crippen LogP contribution in [0.25, 0.3) is 11.3 Å². The first-order chi connectivity index (χ1) is 7.33. The second-order valence-electron chi connectivity index (χ2n) is 2.89. The van der Waals surface area contributed by atoms with Crippen LogP contribution in [0, 0.1) is 0 Å². The van der Waals surface area contributed by atoms with Gasteiger partial charge in [0.25, 0.3) is 0 Å². The van der Waals surface area contributed by atoms with E-state index < -0.39 is 0 Å². The molecule has 0 aliphatic heterocycles. The number of benzene rings is 1. The van der Waals surface area contributed by atoms with E-state index >= 15 is 0 Å². The van der Waals surface area contributed by atoms with E-state index in [1.54, 1.807) is 5.51 Å². The highest BCUT2D eigenvalue weighted by Gasteiger charge is 2.15. The lowest BCUT2D eigenvalue weighted by Gasteiger charge is -1.99. The molecular formula is C11H9NO2S. The van der Waals surface area contributed by atoms with Gasteiger partial charge in [0.1, 0.15) is 4.88 Å². The predicted octanol–water partition coefficient (Wildman–Crippen LogP) is 2.60. The molecule has 0 amide bonds. The molecule has 0 N–H and O–H groups in total. The number of carbonyl (C=O) groups is 1. The third kappa shape index (κ3) is 1.89. The number of ether oxygens (including phenoxy) is 1. The van der Waals surface area contributed by atoms with Gasteiger partial charge < -0.3 is 4.74 Å². The molecule has 0 aliphatic rings. The fourth-order valence-corrected chi connectivity index (χ4v) is 2.01. The van der Waals surface area contributed by atoms with E-state index in [0.717, 1.165) is 5.56 Å². The second kappa shape index (κ2) is 4.23. The Bertz CT molecular complexity index is 464. The molecule has 76 valence electrons. The second-order valence-corrected chi connectivity index (χ2v) is 3.74. The van der Waals surface area contributed by atoms with Gasteiger partial charge in [-0.25, -0.2) is 9.78 Å². The minimum absolute atomic E-state index is 0.337. The minimum Gasteiger partial charge on any atom is -0.465 e. The van der Waals surface area contributed by atoms with Crippen LogP contribution in [0.5, 0.6) is 0 Å². The number of nitrogens with zero attached hydrogens (tertiary/aromatic N) is 1. The summed E-state index contributed by atoms with van der Waals surface area (Å²) >= 11 is 1.29. The zero-order chi connectivity index (χ0) is 10.7. The number of rotatable bonds is 2. The van der Waals surface area contributed by atoms with Crippen LogP contribution >= 0.6 is 11.3 Å². The first-order valence-electron chi connectivity index (χ1n) is 4.40. The van der Waals surface area contributed by atoms with Crippen molar-refractivity contribution in [1.82, 2.24) is 4.98 Å². The average molecular weight is 219 g/mol. The third-order valence-electron chi connectivity index (χ3n) is 1.99. The zero-order valence-electron chi connectivity index (χ0n) is 8.14. The summed E-state index contributed by atoms with van der Waals surface area (Å²) in [5.41, 5.74) is 3.26. The van der Waals surface area contributed by atoms with Gasteiger partial charge in [0.15, 0.2) is 0 Å². The number of thiazole rings is 1. The molecule has 0 spiro atoms. The maximum absolute atomic E-state index is 11.4. The molecule has 1 heterocycles. The Labute approximate surface area is 91.4 Å². The first-order valence-corrected chi connectivity index (χ1v) is 5.28. The monoisotopic (exact) mass is 219 g/mol. The Balaban J connectivity index is 2.46. The summed E-state index contributed by atoms with van der Waals surface area (Å²) < 4.78 is 4.69. The molecule has 0 saturated heterocycles. The van der Waals surface area contributed by atoms with Crippen molar-refractivity contribution in [2.45, 2.75) is 0 Å². The average Bonchev–Trinajstić information content (AvgIpc) is 2.78. The van der Waals surface area contributed by atoms with Crippen molar-refractivity contribution in [3.63, 3.8) is 0 Å². The molecule has 0 radical (unpaired) electrons. The lowest BCUT2D eigenvalue weighted by atomic mass is 10.1. The largest absolute Gasteiger partial charge is 0.465 e. The summed E-state index contributed by atoms with van der Waals surface area (Å²) in [5, 5.41) is 0. The molecule has 0 saturated carbocycles. The Morgan fingerprint density at radius 3 is 2.73 bits per heavy atom. The van der Waals surface area contributed by atoms with E-state index in [1.807, 2.05) is 30.3 Å². The number of hydrogen-bond acceptors (Lipinski definition) is 4. The fourth-order valence-electron chi connectivity index (χ4n) is 1.29.